The number of hydrogen-bond acceptors (Lipinski definition) is 4. The molecule has 0 radical (unpaired) electrons. The molecule has 0 aromatic heterocycles. The molecule has 4 aliphatic heterocycles. The van der Waals surface area contributed by atoms with Crippen molar-refractivity contribution in [3.8, 4) is 0 Å². The van der Waals surface area contributed by atoms with Gasteiger partial charge in [-0.05, 0) is 37.5 Å². The van der Waals surface area contributed by atoms with Crippen LogP contribution in [0.15, 0.2) is 24.3 Å². The molecule has 0 unspecified atom stereocenters. The van der Waals surface area contributed by atoms with Crippen molar-refractivity contribution in [2.24, 2.45) is 5.41 Å². The first kappa shape index (κ1) is 18.3. The Kier molecular flexibility index (Phi) is 3.72. The highest BCUT2D eigenvalue weighted by Gasteiger charge is 2.87. The third kappa shape index (κ3) is 2.11. The van der Waals surface area contributed by atoms with E-state index in [1.807, 2.05) is 0 Å². The van der Waals surface area contributed by atoms with Crippen LogP contribution in [0.4, 0.5) is 0 Å². The summed E-state index contributed by atoms with van der Waals surface area (Å²) in [5.41, 5.74) is -1.11. The lowest BCUT2D eigenvalue weighted by atomic mass is 9.53. The second-order valence-corrected chi connectivity index (χ2v) is 9.48. The van der Waals surface area contributed by atoms with Crippen LogP contribution in [0.1, 0.15) is 50.9 Å². The molecule has 0 aliphatic carbocycles. The van der Waals surface area contributed by atoms with Gasteiger partial charge in [-0.3, -0.25) is 30.0 Å². The summed E-state index contributed by atoms with van der Waals surface area (Å²) in [7, 11) is 0. The van der Waals surface area contributed by atoms with Crippen molar-refractivity contribution in [2.45, 2.75) is 50.9 Å². The van der Waals surface area contributed by atoms with Gasteiger partial charge in [-0.15, -0.1) is 0 Å². The van der Waals surface area contributed by atoms with Crippen LogP contribution in [-0.2, 0) is 0 Å². The van der Waals surface area contributed by atoms with Gasteiger partial charge in [0.2, 0.25) is 6.17 Å². The van der Waals surface area contributed by atoms with E-state index in [-0.39, 0.29) is 16.0 Å². The van der Waals surface area contributed by atoms with E-state index >= 15 is 0 Å². The maximum absolute atomic E-state index is 12.2. The summed E-state index contributed by atoms with van der Waals surface area (Å²) in [6.07, 6.45) is 0.0310. The van der Waals surface area contributed by atoms with E-state index in [1.165, 1.54) is 5.56 Å². The van der Waals surface area contributed by atoms with Gasteiger partial charge in [-0.25, -0.2) is 0 Å². The van der Waals surface area contributed by atoms with E-state index in [9.17, 15) is 20.2 Å². The number of benzene rings is 1. The molecule has 0 saturated carbocycles. The molecule has 8 nitrogen and oxygen atoms in total. The predicted molar refractivity (Wildman–Crippen MR) is 97.9 cm³/mol. The molecule has 5 rings (SSSR count). The Labute approximate surface area is 158 Å². The SMILES string of the molecule is CC(C)c1ccc(C2[NH+]3CC4([N+](=O)[O-])C[NH+]2CC([N+](=O)[O-])(C3)C4(C)C)cc1. The van der Waals surface area contributed by atoms with E-state index in [0.29, 0.717) is 32.1 Å². The van der Waals surface area contributed by atoms with Crippen molar-refractivity contribution in [3.63, 3.8) is 0 Å². The minimum atomic E-state index is -1.25. The zero-order chi connectivity index (χ0) is 19.8. The summed E-state index contributed by atoms with van der Waals surface area (Å²) in [6, 6.07) is 8.43. The van der Waals surface area contributed by atoms with Crippen LogP contribution >= 0.6 is 0 Å². The maximum Gasteiger partial charge on any atom is 0.329 e. The molecule has 1 aromatic carbocycles. The molecule has 0 amide bonds. The van der Waals surface area contributed by atoms with Gasteiger partial charge in [0.05, 0.1) is 5.56 Å². The number of hydrogen-bond donors (Lipinski definition) is 2. The second-order valence-electron chi connectivity index (χ2n) is 9.48. The molecular formula is C19H28N4O4+2. The molecule has 4 bridgehead atoms. The highest BCUT2D eigenvalue weighted by molar-refractivity contribution is 5.26. The number of rotatable bonds is 4. The molecule has 146 valence electrons. The third-order valence-electron chi connectivity index (χ3n) is 7.86. The summed E-state index contributed by atoms with van der Waals surface area (Å²) in [4.78, 5) is 25.8. The molecule has 0 atom stereocenters. The summed E-state index contributed by atoms with van der Waals surface area (Å²) < 4.78 is 0. The van der Waals surface area contributed by atoms with Crippen molar-refractivity contribution in [1.82, 2.24) is 0 Å². The van der Waals surface area contributed by atoms with Crippen molar-refractivity contribution in [1.29, 1.82) is 0 Å². The van der Waals surface area contributed by atoms with Crippen molar-refractivity contribution in [2.75, 3.05) is 26.2 Å². The summed E-state index contributed by atoms with van der Waals surface area (Å²) >= 11 is 0. The molecular weight excluding hydrogens is 348 g/mol. The van der Waals surface area contributed by atoms with E-state index < -0.39 is 16.5 Å². The third-order valence-corrected chi connectivity index (χ3v) is 7.86. The summed E-state index contributed by atoms with van der Waals surface area (Å²) in [6.45, 7) is 9.17. The average Bonchev–Trinajstić information content (AvgIpc) is 2.58. The molecule has 4 fully saturated rings. The van der Waals surface area contributed by atoms with Crippen molar-refractivity contribution < 1.29 is 19.6 Å². The van der Waals surface area contributed by atoms with Gasteiger partial charge in [-0.1, -0.05) is 26.0 Å². The lowest BCUT2D eigenvalue weighted by molar-refractivity contribution is -1.20. The quantitative estimate of drug-likeness (QED) is 0.556. The summed E-state index contributed by atoms with van der Waals surface area (Å²) in [5.74, 6) is 0.439. The second kappa shape index (κ2) is 5.48. The number of nitrogens with one attached hydrogen (secondary N) is 2. The highest BCUT2D eigenvalue weighted by atomic mass is 16.6. The van der Waals surface area contributed by atoms with Crippen molar-refractivity contribution in [3.05, 3.63) is 55.6 Å². The number of piperidine rings is 2. The van der Waals surface area contributed by atoms with Crippen LogP contribution in [0.25, 0.3) is 0 Å². The monoisotopic (exact) mass is 376 g/mol. The van der Waals surface area contributed by atoms with Gasteiger partial charge >= 0.3 is 11.1 Å². The molecule has 4 saturated heterocycles. The minimum absolute atomic E-state index is 0.0310. The molecule has 2 N–H and O–H groups in total. The van der Waals surface area contributed by atoms with Crippen LogP contribution in [0.3, 0.4) is 0 Å². The van der Waals surface area contributed by atoms with E-state index in [2.05, 4.69) is 38.1 Å². The standard InChI is InChI=1S/C19H26N4O4/c1-13(2)14-5-7-15(8-6-14)16-20-9-18(22(24)25)10-21(16)12-19(11-20,23(26)27)17(18,3)4/h5-8,13,16H,9-12H2,1-4H3/p+2. The maximum atomic E-state index is 12.2. The van der Waals surface area contributed by atoms with Crippen LogP contribution in [0, 0.1) is 25.6 Å². The lowest BCUT2D eigenvalue weighted by Gasteiger charge is -2.60. The van der Waals surface area contributed by atoms with Crippen LogP contribution < -0.4 is 9.80 Å². The molecule has 4 heterocycles. The predicted octanol–water partition coefficient (Wildman–Crippen LogP) is -0.324. The summed E-state index contributed by atoms with van der Waals surface area (Å²) in [5, 5.41) is 24.3. The first-order valence-electron chi connectivity index (χ1n) is 9.64. The Morgan fingerprint density at radius 1 is 0.926 bits per heavy atom. The fourth-order valence-electron chi connectivity index (χ4n) is 6.03. The molecule has 1 aromatic rings. The Hall–Kier alpha value is -2.06. The van der Waals surface area contributed by atoms with Crippen molar-refractivity contribution >= 4 is 0 Å². The largest absolute Gasteiger partial charge is 0.329 e. The Bertz CT molecular complexity index is 752. The van der Waals surface area contributed by atoms with E-state index in [1.54, 1.807) is 13.8 Å². The smallest absolute Gasteiger partial charge is 0.270 e. The van der Waals surface area contributed by atoms with Gasteiger partial charge in [-0.2, -0.15) is 0 Å². The zero-order valence-electron chi connectivity index (χ0n) is 16.3. The number of nitrogens with zero attached hydrogens (tertiary/aromatic N) is 2. The number of nitro groups is 2. The first-order valence-corrected chi connectivity index (χ1v) is 9.64. The van der Waals surface area contributed by atoms with Gasteiger partial charge < -0.3 is 0 Å². The normalized spacial score (nSPS) is 38.9. The Morgan fingerprint density at radius 3 is 1.67 bits per heavy atom. The van der Waals surface area contributed by atoms with Gasteiger partial charge in [0, 0.05) is 9.85 Å². The zero-order valence-corrected chi connectivity index (χ0v) is 16.3. The first-order chi connectivity index (χ1) is 12.6. The average molecular weight is 376 g/mol. The Balaban J connectivity index is 1.77. The molecule has 4 aliphatic rings. The Morgan fingerprint density at radius 2 is 1.33 bits per heavy atom. The topological polar surface area (TPSA) is 95.2 Å². The van der Waals surface area contributed by atoms with Gasteiger partial charge in [0.15, 0.2) is 26.2 Å². The molecule has 27 heavy (non-hydrogen) atoms. The van der Waals surface area contributed by atoms with Crippen LogP contribution in [-0.4, -0.2) is 47.1 Å². The van der Waals surface area contributed by atoms with Gasteiger partial charge in [0.25, 0.3) is 0 Å². The highest BCUT2D eigenvalue weighted by Crippen LogP contribution is 2.48. The molecule has 8 heteroatoms. The molecule has 0 spiro atoms. The fourth-order valence-corrected chi connectivity index (χ4v) is 6.03. The lowest BCUT2D eigenvalue weighted by Crippen LogP contribution is -3.43. The number of quaternary nitrogens is 2. The minimum Gasteiger partial charge on any atom is -0.270 e. The van der Waals surface area contributed by atoms with E-state index in [4.69, 9.17) is 0 Å². The van der Waals surface area contributed by atoms with Crippen LogP contribution in [0.2, 0.25) is 0 Å². The van der Waals surface area contributed by atoms with E-state index in [0.717, 1.165) is 15.4 Å². The van der Waals surface area contributed by atoms with Gasteiger partial charge in [0.1, 0.15) is 5.41 Å². The van der Waals surface area contributed by atoms with Crippen LogP contribution in [0.5, 0.6) is 0 Å². The fraction of sp³-hybridized carbons (Fsp3) is 0.684.